The number of benzene rings is 3. The molecule has 0 radical (unpaired) electrons. The summed E-state index contributed by atoms with van der Waals surface area (Å²) in [5.74, 6) is 0.440. The quantitative estimate of drug-likeness (QED) is 0.132. The van der Waals surface area contributed by atoms with Gasteiger partial charge in [0.05, 0.1) is 36.8 Å². The van der Waals surface area contributed by atoms with E-state index in [1.807, 2.05) is 62.4 Å². The number of nitrogens with zero attached hydrogens (tertiary/aromatic N) is 2. The maximum atomic E-state index is 13.8. The molecule has 1 aliphatic heterocycles. The molecule has 1 aromatic heterocycles. The standard InChI is InChI=1S/C37H38N2O7S/c1-25-6-10-29(11-7-25)23-38(47(42,43)33-18-8-26(2)9-19-33)24-32-17-16-31(46-32)22-34-35(37(41)45-5)27(3)39(36(34)40)21-20-28-12-14-30(44-4)15-13-28/h6-19,22H,20-21,23-24H2,1-5H3/b34-22+. The minimum atomic E-state index is -3.90. The van der Waals surface area contributed by atoms with Crippen LogP contribution in [0.25, 0.3) is 6.08 Å². The Labute approximate surface area is 275 Å². The molecular formula is C37H38N2O7S. The van der Waals surface area contributed by atoms with E-state index < -0.39 is 16.0 Å². The molecule has 5 rings (SSSR count). The number of amides is 1. The molecule has 1 amide bonds. The Morgan fingerprint density at radius 1 is 0.830 bits per heavy atom. The van der Waals surface area contributed by atoms with Gasteiger partial charge in [-0.05, 0) is 80.8 Å². The van der Waals surface area contributed by atoms with Crippen LogP contribution >= 0.6 is 0 Å². The van der Waals surface area contributed by atoms with Crippen LogP contribution in [0.4, 0.5) is 0 Å². The second-order valence-corrected chi connectivity index (χ2v) is 13.4. The molecular weight excluding hydrogens is 616 g/mol. The Morgan fingerprint density at radius 2 is 1.45 bits per heavy atom. The van der Waals surface area contributed by atoms with Crippen molar-refractivity contribution in [2.75, 3.05) is 20.8 Å². The highest BCUT2D eigenvalue weighted by Crippen LogP contribution is 2.32. The van der Waals surface area contributed by atoms with Crippen molar-refractivity contribution in [3.8, 4) is 5.75 Å². The van der Waals surface area contributed by atoms with Crippen molar-refractivity contribution in [2.24, 2.45) is 0 Å². The van der Waals surface area contributed by atoms with E-state index in [1.54, 1.807) is 55.3 Å². The van der Waals surface area contributed by atoms with Crippen LogP contribution in [0.2, 0.25) is 0 Å². The summed E-state index contributed by atoms with van der Waals surface area (Å²) in [6, 6.07) is 25.3. The van der Waals surface area contributed by atoms with Crippen molar-refractivity contribution in [1.82, 2.24) is 9.21 Å². The summed E-state index contributed by atoms with van der Waals surface area (Å²) in [4.78, 5) is 28.2. The van der Waals surface area contributed by atoms with Crippen LogP contribution in [0.15, 0.2) is 111 Å². The van der Waals surface area contributed by atoms with E-state index in [2.05, 4.69) is 0 Å². The maximum absolute atomic E-state index is 13.8. The molecule has 0 saturated heterocycles. The number of aryl methyl sites for hydroxylation is 2. The highest BCUT2D eigenvalue weighted by molar-refractivity contribution is 7.89. The third kappa shape index (κ3) is 7.56. The second-order valence-electron chi connectivity index (χ2n) is 11.4. The van der Waals surface area contributed by atoms with Crippen molar-refractivity contribution in [3.05, 3.63) is 136 Å². The summed E-state index contributed by atoms with van der Waals surface area (Å²) < 4.78 is 45.3. The first-order chi connectivity index (χ1) is 22.5. The normalized spacial score (nSPS) is 14.4. The second kappa shape index (κ2) is 14.2. The van der Waals surface area contributed by atoms with Crippen LogP contribution in [-0.2, 0) is 43.9 Å². The zero-order chi connectivity index (χ0) is 33.7. The van der Waals surface area contributed by atoms with Gasteiger partial charge in [-0.3, -0.25) is 4.79 Å². The van der Waals surface area contributed by atoms with Gasteiger partial charge < -0.3 is 18.8 Å². The van der Waals surface area contributed by atoms with Gasteiger partial charge in [-0.2, -0.15) is 4.31 Å². The first-order valence-corrected chi connectivity index (χ1v) is 16.6. The number of carbonyl (C=O) groups excluding carboxylic acids is 2. The van der Waals surface area contributed by atoms with Gasteiger partial charge >= 0.3 is 5.97 Å². The van der Waals surface area contributed by atoms with Crippen LogP contribution in [-0.4, -0.2) is 50.3 Å². The first kappa shape index (κ1) is 33.4. The van der Waals surface area contributed by atoms with Gasteiger partial charge in [0.1, 0.15) is 17.3 Å². The Balaban J connectivity index is 1.41. The highest BCUT2D eigenvalue weighted by atomic mass is 32.2. The van der Waals surface area contributed by atoms with Crippen molar-refractivity contribution >= 4 is 28.0 Å². The molecule has 0 unspecified atom stereocenters. The molecule has 0 spiro atoms. The van der Waals surface area contributed by atoms with E-state index in [1.165, 1.54) is 17.5 Å². The summed E-state index contributed by atoms with van der Waals surface area (Å²) in [7, 11) is -1.02. The molecule has 47 heavy (non-hydrogen) atoms. The zero-order valence-electron chi connectivity index (χ0n) is 27.1. The third-order valence-corrected chi connectivity index (χ3v) is 9.93. The third-order valence-electron chi connectivity index (χ3n) is 8.12. The molecule has 3 aromatic carbocycles. The lowest BCUT2D eigenvalue weighted by Gasteiger charge is -2.21. The molecule has 0 bridgehead atoms. The number of hydrogen-bond donors (Lipinski definition) is 0. The number of furan rings is 1. The molecule has 0 saturated carbocycles. The molecule has 4 aromatic rings. The summed E-state index contributed by atoms with van der Waals surface area (Å²) in [6.45, 7) is 6.02. The lowest BCUT2D eigenvalue weighted by atomic mass is 10.1. The maximum Gasteiger partial charge on any atom is 0.340 e. The van der Waals surface area contributed by atoms with E-state index in [0.717, 1.165) is 28.0 Å². The van der Waals surface area contributed by atoms with Crippen molar-refractivity contribution in [2.45, 2.75) is 45.2 Å². The van der Waals surface area contributed by atoms with Crippen molar-refractivity contribution in [3.63, 3.8) is 0 Å². The number of esters is 1. The van der Waals surface area contributed by atoms with E-state index in [-0.39, 0.29) is 35.0 Å². The molecule has 10 heteroatoms. The van der Waals surface area contributed by atoms with Gasteiger partial charge in [-0.1, -0.05) is 59.7 Å². The number of sulfonamides is 1. The van der Waals surface area contributed by atoms with Gasteiger partial charge in [0.2, 0.25) is 10.0 Å². The van der Waals surface area contributed by atoms with Gasteiger partial charge in [-0.15, -0.1) is 0 Å². The number of rotatable bonds is 12. The lowest BCUT2D eigenvalue weighted by molar-refractivity contribution is -0.136. The summed E-state index contributed by atoms with van der Waals surface area (Å²) in [6.07, 6.45) is 2.07. The van der Waals surface area contributed by atoms with E-state index >= 15 is 0 Å². The number of hydrogen-bond acceptors (Lipinski definition) is 7. The van der Waals surface area contributed by atoms with Crippen LogP contribution in [0.3, 0.4) is 0 Å². The molecule has 1 aliphatic rings. The number of carbonyl (C=O) groups is 2. The van der Waals surface area contributed by atoms with E-state index in [9.17, 15) is 18.0 Å². The predicted molar refractivity (Wildman–Crippen MR) is 179 cm³/mol. The SMILES string of the molecule is COC(=O)C1=C(C)N(CCc2ccc(OC)cc2)C(=O)/C1=C/c1ccc(CN(Cc2ccc(C)cc2)S(=O)(=O)c2ccc(C)cc2)o1. The Kier molecular flexibility index (Phi) is 10.1. The smallest absolute Gasteiger partial charge is 0.340 e. The number of allylic oxidation sites excluding steroid dienone is 1. The summed E-state index contributed by atoms with van der Waals surface area (Å²) >= 11 is 0. The fourth-order valence-corrected chi connectivity index (χ4v) is 6.78. The van der Waals surface area contributed by atoms with Gasteiger partial charge in [0.15, 0.2) is 0 Å². The van der Waals surface area contributed by atoms with E-state index in [0.29, 0.717) is 30.2 Å². The minimum Gasteiger partial charge on any atom is -0.497 e. The monoisotopic (exact) mass is 654 g/mol. The predicted octanol–water partition coefficient (Wildman–Crippen LogP) is 6.21. The Bertz CT molecular complexity index is 1920. The van der Waals surface area contributed by atoms with Gasteiger partial charge in [0, 0.05) is 18.8 Å². The topological polar surface area (TPSA) is 106 Å². The summed E-state index contributed by atoms with van der Waals surface area (Å²) in [5.41, 5.74) is 4.66. The van der Waals surface area contributed by atoms with Crippen LogP contribution in [0, 0.1) is 13.8 Å². The summed E-state index contributed by atoms with van der Waals surface area (Å²) in [5, 5.41) is 0. The van der Waals surface area contributed by atoms with Crippen molar-refractivity contribution in [1.29, 1.82) is 0 Å². The van der Waals surface area contributed by atoms with E-state index in [4.69, 9.17) is 13.9 Å². The molecule has 0 aliphatic carbocycles. The average Bonchev–Trinajstić information content (AvgIpc) is 3.61. The van der Waals surface area contributed by atoms with Crippen LogP contribution < -0.4 is 4.74 Å². The Hall–Kier alpha value is -4.93. The zero-order valence-corrected chi connectivity index (χ0v) is 28.0. The Morgan fingerprint density at radius 3 is 2.06 bits per heavy atom. The minimum absolute atomic E-state index is 0.0477. The lowest BCUT2D eigenvalue weighted by Crippen LogP contribution is -2.30. The van der Waals surface area contributed by atoms with Gasteiger partial charge in [-0.25, -0.2) is 13.2 Å². The number of ether oxygens (including phenoxy) is 2. The fraction of sp³-hybridized carbons (Fsp3) is 0.243. The average molecular weight is 655 g/mol. The van der Waals surface area contributed by atoms with Crippen molar-refractivity contribution < 1.29 is 31.9 Å². The molecule has 0 N–H and O–H groups in total. The molecule has 2 heterocycles. The van der Waals surface area contributed by atoms with Crippen LogP contribution in [0.1, 0.15) is 40.7 Å². The van der Waals surface area contributed by atoms with Gasteiger partial charge in [0.25, 0.3) is 5.91 Å². The number of methoxy groups -OCH3 is 2. The fourth-order valence-electron chi connectivity index (χ4n) is 5.39. The first-order valence-electron chi connectivity index (χ1n) is 15.2. The molecule has 0 fully saturated rings. The molecule has 244 valence electrons. The molecule has 9 nitrogen and oxygen atoms in total. The largest absolute Gasteiger partial charge is 0.497 e. The highest BCUT2D eigenvalue weighted by Gasteiger charge is 2.37. The van der Waals surface area contributed by atoms with Crippen LogP contribution in [0.5, 0.6) is 5.75 Å². The molecule has 0 atom stereocenters.